The van der Waals surface area contributed by atoms with Gasteiger partial charge in [-0.1, -0.05) is 45.0 Å². The van der Waals surface area contributed by atoms with E-state index in [2.05, 4.69) is 76.5 Å². The lowest BCUT2D eigenvalue weighted by molar-refractivity contribution is 0.0542. The molecule has 0 radical (unpaired) electrons. The van der Waals surface area contributed by atoms with E-state index >= 15 is 0 Å². The summed E-state index contributed by atoms with van der Waals surface area (Å²) >= 11 is 0. The molecule has 0 spiro atoms. The third-order valence-corrected chi connectivity index (χ3v) is 15.1. The summed E-state index contributed by atoms with van der Waals surface area (Å²) in [6, 6.07) is 20.5. The van der Waals surface area contributed by atoms with E-state index in [1.165, 1.54) is 0 Å². The van der Waals surface area contributed by atoms with Crippen molar-refractivity contribution in [2.45, 2.75) is 104 Å². The molecule has 2 aliphatic heterocycles. The Hall–Kier alpha value is -7.12. The minimum absolute atomic E-state index is 0.0822. The van der Waals surface area contributed by atoms with E-state index < -0.39 is 11.2 Å². The first-order valence-corrected chi connectivity index (χ1v) is 25.5. The Morgan fingerprint density at radius 1 is 0.541 bits per heavy atom. The van der Waals surface area contributed by atoms with Gasteiger partial charge >= 0.3 is 0 Å². The first-order valence-electron chi connectivity index (χ1n) is 25.5. The fourth-order valence-electron chi connectivity index (χ4n) is 11.4. The number of pyridine rings is 2. The van der Waals surface area contributed by atoms with Crippen molar-refractivity contribution in [2.75, 3.05) is 26.4 Å². The van der Waals surface area contributed by atoms with Crippen LogP contribution in [0, 0.1) is 39.5 Å². The predicted molar refractivity (Wildman–Crippen MR) is 280 cm³/mol. The van der Waals surface area contributed by atoms with Crippen LogP contribution in [0.4, 0.5) is 0 Å². The number of fused-ring (bicyclic) bond motifs is 6. The van der Waals surface area contributed by atoms with Gasteiger partial charge in [0.1, 0.15) is 22.9 Å². The number of aryl methyl sites for hydroxylation is 6. The molecule has 2 N–H and O–H groups in total. The molecule has 2 saturated heterocycles. The molecule has 2 unspecified atom stereocenters. The van der Waals surface area contributed by atoms with Gasteiger partial charge in [0.15, 0.2) is 0 Å². The molecule has 8 aromatic heterocycles. The van der Waals surface area contributed by atoms with E-state index in [1.807, 2.05) is 106 Å². The molecular formula is C56H64N12O6. The van der Waals surface area contributed by atoms with Crippen molar-refractivity contribution < 1.29 is 28.7 Å². The van der Waals surface area contributed by atoms with E-state index in [-0.39, 0.29) is 12.1 Å². The number of ether oxygens (including phenoxy) is 2. The highest BCUT2D eigenvalue weighted by Gasteiger charge is 2.35. The Kier molecular flexibility index (Phi) is 12.6. The number of rotatable bonds is 10. The molecule has 0 bridgehead atoms. The normalized spacial score (nSPS) is 16.2. The van der Waals surface area contributed by atoms with Gasteiger partial charge in [0.2, 0.25) is 0 Å². The van der Waals surface area contributed by atoms with Crippen LogP contribution in [0.15, 0.2) is 82.1 Å². The molecule has 2 atom stereocenters. The molecule has 10 aromatic rings. The van der Waals surface area contributed by atoms with Crippen LogP contribution >= 0.6 is 0 Å². The average molecular weight is 1000 g/mol. The monoisotopic (exact) mass is 1000 g/mol. The average Bonchev–Trinajstić information content (AvgIpc) is 4.26. The zero-order valence-electron chi connectivity index (χ0n) is 43.8. The van der Waals surface area contributed by atoms with E-state index in [0.717, 1.165) is 137 Å². The largest absolute Gasteiger partial charge is 0.386 e. The van der Waals surface area contributed by atoms with Crippen molar-refractivity contribution in [3.05, 3.63) is 118 Å². The first-order chi connectivity index (χ1) is 35.4. The van der Waals surface area contributed by atoms with Crippen LogP contribution in [0.1, 0.15) is 111 Å². The predicted octanol–water partition coefficient (Wildman–Crippen LogP) is 9.67. The van der Waals surface area contributed by atoms with Crippen molar-refractivity contribution in [2.24, 2.45) is 25.9 Å². The molecular weight excluding hydrogens is 937 g/mol. The van der Waals surface area contributed by atoms with Crippen LogP contribution in [-0.4, -0.2) is 96.0 Å². The maximum absolute atomic E-state index is 10.9. The topological polar surface area (TPSA) is 208 Å². The first kappa shape index (κ1) is 49.1. The summed E-state index contributed by atoms with van der Waals surface area (Å²) in [4.78, 5) is 9.93. The second-order valence-corrected chi connectivity index (χ2v) is 21.3. The molecule has 12 rings (SSSR count). The summed E-state index contributed by atoms with van der Waals surface area (Å²) in [6.07, 6.45) is 7.46. The zero-order chi connectivity index (χ0) is 51.8. The molecule has 18 nitrogen and oxygen atoms in total. The smallest absolute Gasteiger partial charge is 0.134 e. The fourth-order valence-corrected chi connectivity index (χ4v) is 11.4. The Bertz CT molecular complexity index is 3400. The molecule has 0 aliphatic carbocycles. The number of aromatic nitrogens is 12. The second-order valence-electron chi connectivity index (χ2n) is 21.3. The second kappa shape index (κ2) is 19.0. The van der Waals surface area contributed by atoms with E-state index in [1.54, 1.807) is 9.36 Å². The maximum Gasteiger partial charge on any atom is 0.134 e. The highest BCUT2D eigenvalue weighted by molar-refractivity contribution is 6.08. The molecule has 2 aliphatic rings. The van der Waals surface area contributed by atoms with Crippen molar-refractivity contribution in [3.63, 3.8) is 0 Å². The van der Waals surface area contributed by atoms with Crippen molar-refractivity contribution in [1.82, 2.24) is 59.4 Å². The number of aliphatic hydroxyl groups is 2. The van der Waals surface area contributed by atoms with E-state index in [0.29, 0.717) is 38.3 Å². The van der Waals surface area contributed by atoms with Crippen molar-refractivity contribution in [1.29, 1.82) is 0 Å². The summed E-state index contributed by atoms with van der Waals surface area (Å²) in [6.45, 7) is 17.9. The minimum atomic E-state index is -0.982. The Labute approximate surface area is 428 Å². The maximum atomic E-state index is 10.9. The van der Waals surface area contributed by atoms with Gasteiger partial charge in [0.25, 0.3) is 0 Å². The Morgan fingerprint density at radius 2 is 0.932 bits per heavy atom. The van der Waals surface area contributed by atoms with Gasteiger partial charge in [-0.05, 0) is 128 Å². The lowest BCUT2D eigenvalue weighted by Gasteiger charge is -2.31. The van der Waals surface area contributed by atoms with Gasteiger partial charge < -0.3 is 37.9 Å². The Morgan fingerprint density at radius 3 is 1.26 bits per heavy atom. The molecule has 10 heterocycles. The quantitative estimate of drug-likeness (QED) is 0.131. The highest BCUT2D eigenvalue weighted by Crippen LogP contribution is 2.44. The summed E-state index contributed by atoms with van der Waals surface area (Å²) < 4.78 is 30.9. The SMILES string of the molecule is Cc1cc(C(C2CCOCC2)n2c3cc(C(C)(C)O)ccc3c3ncc(-c4c(C)nnn4C)cc32)no1.Cc1cc(C(C2CCOCC2)n2c3cc(C(C)(C)O)ccc3c3ncc(-c4c(C)nnn4C)cc32)no1. The summed E-state index contributed by atoms with van der Waals surface area (Å²) in [5, 5.41) is 49.7. The number of nitrogens with zero attached hydrogens (tertiary/aromatic N) is 12. The summed E-state index contributed by atoms with van der Waals surface area (Å²) in [7, 11) is 3.79. The molecule has 0 saturated carbocycles. The standard InChI is InChI=1S/2C28H32N6O3/c2*1-16-12-22(31-37-16)27(18-8-10-36-11-9-18)34-23-14-20(28(3,4)35)6-7-21(23)25-24(34)13-19(15-29-25)26-17(2)30-32-33(26)5/h2*6-7,12-15,18,27,35H,8-11H2,1-5H3. The lowest BCUT2D eigenvalue weighted by Crippen LogP contribution is -2.27. The van der Waals surface area contributed by atoms with E-state index in [4.69, 9.17) is 28.5 Å². The summed E-state index contributed by atoms with van der Waals surface area (Å²) in [5.74, 6) is 2.15. The van der Waals surface area contributed by atoms with Gasteiger partial charge in [0, 0.05) is 86.9 Å². The van der Waals surface area contributed by atoms with Crippen LogP contribution in [-0.2, 0) is 34.8 Å². The molecule has 74 heavy (non-hydrogen) atoms. The molecule has 18 heteroatoms. The minimum Gasteiger partial charge on any atom is -0.386 e. The molecule has 384 valence electrons. The fraction of sp³-hybridized carbons (Fsp3) is 0.429. The number of hydrogen-bond acceptors (Lipinski definition) is 14. The van der Waals surface area contributed by atoms with Gasteiger partial charge in [0.05, 0.1) is 79.2 Å². The van der Waals surface area contributed by atoms with Crippen LogP contribution in [0.25, 0.3) is 66.4 Å². The lowest BCUT2D eigenvalue weighted by atomic mass is 9.89. The third-order valence-electron chi connectivity index (χ3n) is 15.1. The highest BCUT2D eigenvalue weighted by atomic mass is 16.5. The van der Waals surface area contributed by atoms with Crippen LogP contribution in [0.3, 0.4) is 0 Å². The summed E-state index contributed by atoms with van der Waals surface area (Å²) in [5.41, 5.74) is 12.8. The van der Waals surface area contributed by atoms with Gasteiger partial charge in [-0.2, -0.15) is 0 Å². The van der Waals surface area contributed by atoms with Gasteiger partial charge in [-0.3, -0.25) is 9.97 Å². The van der Waals surface area contributed by atoms with E-state index in [9.17, 15) is 10.2 Å². The van der Waals surface area contributed by atoms with Crippen LogP contribution < -0.4 is 0 Å². The van der Waals surface area contributed by atoms with Crippen molar-refractivity contribution in [3.8, 4) is 22.5 Å². The van der Waals surface area contributed by atoms with Gasteiger partial charge in [-0.25, -0.2) is 9.36 Å². The number of hydrogen-bond donors (Lipinski definition) is 2. The molecule has 2 aromatic carbocycles. The molecule has 0 amide bonds. The third kappa shape index (κ3) is 8.86. The van der Waals surface area contributed by atoms with Gasteiger partial charge in [-0.15, -0.1) is 10.2 Å². The molecule has 2 fully saturated rings. The van der Waals surface area contributed by atoms with Crippen LogP contribution in [0.2, 0.25) is 0 Å². The van der Waals surface area contributed by atoms with Crippen molar-refractivity contribution >= 4 is 43.9 Å². The zero-order valence-corrected chi connectivity index (χ0v) is 43.8. The Balaban J connectivity index is 0.000000159. The van der Waals surface area contributed by atoms with Crippen LogP contribution in [0.5, 0.6) is 0 Å². The number of benzene rings is 2.